The van der Waals surface area contributed by atoms with E-state index >= 15 is 0 Å². The number of likely N-dealkylation sites (N-methyl/N-ethyl adjacent to an activating group) is 1. The van der Waals surface area contributed by atoms with Crippen molar-refractivity contribution < 1.29 is 32.7 Å². The van der Waals surface area contributed by atoms with Gasteiger partial charge in [0.25, 0.3) is 5.91 Å². The van der Waals surface area contributed by atoms with Crippen molar-refractivity contribution in [3.8, 4) is 16.9 Å². The maximum absolute atomic E-state index is 13.5. The summed E-state index contributed by atoms with van der Waals surface area (Å²) in [5.41, 5.74) is 3.37. The Balaban J connectivity index is 1.47. The summed E-state index contributed by atoms with van der Waals surface area (Å²) in [7, 11) is -1.13. The van der Waals surface area contributed by atoms with Gasteiger partial charge in [-0.3, -0.25) is 10.0 Å². The zero-order valence-corrected chi connectivity index (χ0v) is 22.4. The van der Waals surface area contributed by atoms with Crippen molar-refractivity contribution in [1.29, 1.82) is 0 Å². The number of amides is 3. The Kier molecular flexibility index (Phi) is 8.87. The fraction of sp³-hybridized carbons (Fsp3) is 0.462. The van der Waals surface area contributed by atoms with E-state index in [1.807, 2.05) is 24.3 Å². The third-order valence-corrected chi connectivity index (χ3v) is 9.12. The van der Waals surface area contributed by atoms with Crippen LogP contribution in [0.4, 0.5) is 4.79 Å². The second-order valence-corrected chi connectivity index (χ2v) is 11.4. The molecule has 2 heterocycles. The van der Waals surface area contributed by atoms with Crippen molar-refractivity contribution in [2.45, 2.75) is 23.8 Å². The van der Waals surface area contributed by atoms with Crippen LogP contribution in [0, 0.1) is 5.92 Å². The quantitative estimate of drug-likeness (QED) is 0.402. The number of hydrogen-bond donors (Lipinski definition) is 2. The monoisotopic (exact) mass is 546 g/mol. The predicted octanol–water partition coefficient (Wildman–Crippen LogP) is 2.02. The molecule has 38 heavy (non-hydrogen) atoms. The van der Waals surface area contributed by atoms with Gasteiger partial charge in [0.05, 0.1) is 25.2 Å². The molecule has 2 fully saturated rings. The number of carbonyl (C=O) groups excluding carboxylic acids is 2. The first kappa shape index (κ1) is 27.8. The van der Waals surface area contributed by atoms with Crippen LogP contribution in [0.15, 0.2) is 53.4 Å². The highest BCUT2D eigenvalue weighted by Crippen LogP contribution is 2.30. The fourth-order valence-corrected chi connectivity index (χ4v) is 6.40. The Morgan fingerprint density at radius 2 is 1.50 bits per heavy atom. The van der Waals surface area contributed by atoms with E-state index in [-0.39, 0.29) is 16.8 Å². The summed E-state index contributed by atoms with van der Waals surface area (Å²) in [6.07, 6.45) is 0.842. The zero-order chi connectivity index (χ0) is 27.3. The van der Waals surface area contributed by atoms with Gasteiger partial charge in [0.1, 0.15) is 11.8 Å². The number of carbonyl (C=O) groups is 2. The molecule has 1 atom stereocenters. The Labute approximate surface area is 222 Å². The van der Waals surface area contributed by atoms with E-state index in [1.165, 1.54) is 19.2 Å². The highest BCUT2D eigenvalue weighted by Gasteiger charge is 2.40. The Morgan fingerprint density at radius 1 is 0.974 bits per heavy atom. The lowest BCUT2D eigenvalue weighted by atomic mass is 9.89. The van der Waals surface area contributed by atoms with Crippen molar-refractivity contribution in [1.82, 2.24) is 19.6 Å². The summed E-state index contributed by atoms with van der Waals surface area (Å²) in [4.78, 5) is 29.0. The second kappa shape index (κ2) is 12.1. The van der Waals surface area contributed by atoms with Gasteiger partial charge >= 0.3 is 6.03 Å². The van der Waals surface area contributed by atoms with Gasteiger partial charge in [-0.1, -0.05) is 24.3 Å². The van der Waals surface area contributed by atoms with Gasteiger partial charge in [-0.15, -0.1) is 0 Å². The summed E-state index contributed by atoms with van der Waals surface area (Å²) in [5.74, 6) is -0.461. The van der Waals surface area contributed by atoms with E-state index < -0.39 is 22.0 Å². The molecule has 2 saturated heterocycles. The number of urea groups is 1. The Morgan fingerprint density at radius 3 is 2.03 bits per heavy atom. The molecule has 2 aromatic rings. The molecule has 0 bridgehead atoms. The average molecular weight is 547 g/mol. The third-order valence-electron chi connectivity index (χ3n) is 7.26. The molecule has 0 spiro atoms. The summed E-state index contributed by atoms with van der Waals surface area (Å²) in [6, 6.07) is 12.6. The van der Waals surface area contributed by atoms with E-state index in [2.05, 4.69) is 0 Å². The molecule has 206 valence electrons. The number of ether oxygens (including phenoxy) is 2. The smallest absolute Gasteiger partial charge is 0.320 e. The molecule has 3 amide bonds. The Hall–Kier alpha value is -3.19. The van der Waals surface area contributed by atoms with Crippen LogP contribution in [-0.4, -0.2) is 99.3 Å². The highest BCUT2D eigenvalue weighted by molar-refractivity contribution is 7.89. The van der Waals surface area contributed by atoms with Gasteiger partial charge in [0, 0.05) is 33.2 Å². The van der Waals surface area contributed by atoms with Crippen LogP contribution in [0.2, 0.25) is 0 Å². The maximum Gasteiger partial charge on any atom is 0.320 e. The van der Waals surface area contributed by atoms with E-state index in [4.69, 9.17) is 9.47 Å². The largest absolute Gasteiger partial charge is 0.497 e. The molecule has 0 aromatic heterocycles. The van der Waals surface area contributed by atoms with Gasteiger partial charge in [-0.25, -0.2) is 18.7 Å². The molecule has 0 aliphatic carbocycles. The highest BCUT2D eigenvalue weighted by atomic mass is 32.2. The Bertz CT molecular complexity index is 1210. The topological polar surface area (TPSA) is 129 Å². The van der Waals surface area contributed by atoms with Gasteiger partial charge in [-0.05, 0) is 54.2 Å². The van der Waals surface area contributed by atoms with Crippen LogP contribution >= 0.6 is 0 Å². The minimum atomic E-state index is -4.06. The van der Waals surface area contributed by atoms with Crippen LogP contribution in [0.5, 0.6) is 5.75 Å². The van der Waals surface area contributed by atoms with E-state index in [0.717, 1.165) is 21.2 Å². The van der Waals surface area contributed by atoms with Gasteiger partial charge in [0.15, 0.2) is 0 Å². The summed E-state index contributed by atoms with van der Waals surface area (Å²) >= 11 is 0. The number of benzene rings is 2. The van der Waals surface area contributed by atoms with Gasteiger partial charge < -0.3 is 19.3 Å². The first-order valence-corrected chi connectivity index (χ1v) is 14.0. The van der Waals surface area contributed by atoms with Crippen LogP contribution in [0.25, 0.3) is 11.1 Å². The lowest BCUT2D eigenvalue weighted by Crippen LogP contribution is -2.55. The lowest BCUT2D eigenvalue weighted by molar-refractivity contribution is -0.135. The number of hydroxylamine groups is 1. The molecule has 2 aliphatic heterocycles. The minimum Gasteiger partial charge on any atom is -0.497 e. The average Bonchev–Trinajstić information content (AvgIpc) is 2.97. The van der Waals surface area contributed by atoms with Crippen molar-refractivity contribution >= 4 is 22.0 Å². The minimum absolute atomic E-state index is 0.0351. The number of methoxy groups -OCH3 is 1. The molecule has 2 N–H and O–H groups in total. The van der Waals surface area contributed by atoms with Crippen LogP contribution in [-0.2, 0) is 19.6 Å². The molecular formula is C26H34N4O7S. The van der Waals surface area contributed by atoms with Crippen LogP contribution in [0.3, 0.4) is 0 Å². The first-order chi connectivity index (χ1) is 18.3. The molecular weight excluding hydrogens is 512 g/mol. The summed E-state index contributed by atoms with van der Waals surface area (Å²) < 4.78 is 38.5. The number of likely N-dealkylation sites (tertiary alicyclic amines) is 1. The number of nitrogens with one attached hydrogen (secondary N) is 1. The molecule has 2 aliphatic rings. The molecule has 1 unspecified atom stereocenters. The number of morpholine rings is 1. The normalized spacial score (nSPS) is 17.8. The molecule has 12 heteroatoms. The summed E-state index contributed by atoms with van der Waals surface area (Å²) in [6.45, 7) is 2.86. The number of sulfonamides is 1. The number of hydrogen-bond acceptors (Lipinski definition) is 7. The molecule has 0 radical (unpaired) electrons. The van der Waals surface area contributed by atoms with E-state index in [0.29, 0.717) is 52.2 Å². The molecule has 4 rings (SSSR count). The fourth-order valence-electron chi connectivity index (χ4n) is 5.02. The number of rotatable bonds is 7. The van der Waals surface area contributed by atoms with Gasteiger partial charge in [-0.2, -0.15) is 4.31 Å². The van der Waals surface area contributed by atoms with E-state index in [9.17, 15) is 23.2 Å². The number of piperidine rings is 1. The SMILES string of the molecule is COc1ccc(-c2ccc(S(=O)(=O)N(C)C(C(=O)NO)C3CCN(C(=O)N4CCOCC4)CC3)cc2)cc1. The lowest BCUT2D eigenvalue weighted by Gasteiger charge is -2.40. The predicted molar refractivity (Wildman–Crippen MR) is 139 cm³/mol. The molecule has 11 nitrogen and oxygen atoms in total. The van der Waals surface area contributed by atoms with Crippen LogP contribution < -0.4 is 10.2 Å². The van der Waals surface area contributed by atoms with Crippen molar-refractivity contribution in [3.63, 3.8) is 0 Å². The van der Waals surface area contributed by atoms with Crippen molar-refractivity contribution in [3.05, 3.63) is 48.5 Å². The van der Waals surface area contributed by atoms with Gasteiger partial charge in [0.2, 0.25) is 10.0 Å². The van der Waals surface area contributed by atoms with Crippen molar-refractivity contribution in [2.24, 2.45) is 5.92 Å². The summed E-state index contributed by atoms with van der Waals surface area (Å²) in [5, 5.41) is 9.42. The number of nitrogens with zero attached hydrogens (tertiary/aromatic N) is 3. The van der Waals surface area contributed by atoms with Crippen LogP contribution in [0.1, 0.15) is 12.8 Å². The first-order valence-electron chi connectivity index (χ1n) is 12.5. The standard InChI is InChI=1S/C26H34N4O7S/c1-28(38(34,35)23-9-5-20(6-10-23)19-3-7-22(36-2)8-4-19)24(25(31)27-33)21-11-13-29(14-12-21)26(32)30-15-17-37-18-16-30/h3-10,21,24,33H,11-18H2,1-2H3,(H,27,31). The maximum atomic E-state index is 13.5. The molecule has 2 aromatic carbocycles. The van der Waals surface area contributed by atoms with E-state index in [1.54, 1.807) is 34.5 Å². The molecule has 0 saturated carbocycles. The zero-order valence-electron chi connectivity index (χ0n) is 21.6. The third kappa shape index (κ3) is 5.93. The van der Waals surface area contributed by atoms with Crippen molar-refractivity contribution in [2.75, 3.05) is 53.6 Å². The second-order valence-electron chi connectivity index (χ2n) is 9.40.